The zero-order chi connectivity index (χ0) is 14.4. The first-order chi connectivity index (χ1) is 9.69. The maximum atomic E-state index is 5.56. The van der Waals surface area contributed by atoms with E-state index in [0.717, 1.165) is 64.7 Å². The van der Waals surface area contributed by atoms with Gasteiger partial charge in [-0.3, -0.25) is 9.80 Å². The molecule has 1 aromatic heterocycles. The second-order valence-electron chi connectivity index (χ2n) is 5.62. The molecule has 2 rings (SSSR count). The second kappa shape index (κ2) is 7.76. The van der Waals surface area contributed by atoms with Gasteiger partial charge in [0.25, 0.3) is 0 Å². The van der Waals surface area contributed by atoms with E-state index >= 15 is 0 Å². The van der Waals surface area contributed by atoms with E-state index in [1.54, 1.807) is 0 Å². The molecule has 0 saturated carbocycles. The molecule has 0 spiro atoms. The SMILES string of the molecule is CCCOCCN1CCN(Cc2cn(C)c(C)n2)CC1. The number of ether oxygens (including phenoxy) is 1. The summed E-state index contributed by atoms with van der Waals surface area (Å²) in [5, 5.41) is 0. The van der Waals surface area contributed by atoms with Crippen LogP contribution in [-0.2, 0) is 18.3 Å². The molecule has 5 nitrogen and oxygen atoms in total. The Labute approximate surface area is 122 Å². The normalized spacial score (nSPS) is 17.8. The summed E-state index contributed by atoms with van der Waals surface area (Å²) in [6, 6.07) is 0. The summed E-state index contributed by atoms with van der Waals surface area (Å²) in [6.45, 7) is 12.5. The Kier molecular flexibility index (Phi) is 6.01. The zero-order valence-electron chi connectivity index (χ0n) is 13.1. The van der Waals surface area contributed by atoms with Gasteiger partial charge in [-0.05, 0) is 13.3 Å². The summed E-state index contributed by atoms with van der Waals surface area (Å²) in [5.41, 5.74) is 1.18. The van der Waals surface area contributed by atoms with Crippen molar-refractivity contribution in [1.82, 2.24) is 19.4 Å². The lowest BCUT2D eigenvalue weighted by molar-refractivity contribution is 0.0735. The van der Waals surface area contributed by atoms with Crippen LogP contribution in [0.15, 0.2) is 6.20 Å². The Balaban J connectivity index is 1.66. The van der Waals surface area contributed by atoms with Crippen molar-refractivity contribution in [2.24, 2.45) is 7.05 Å². The number of piperazine rings is 1. The molecular weight excluding hydrogens is 252 g/mol. The first-order valence-corrected chi connectivity index (χ1v) is 7.70. The highest BCUT2D eigenvalue weighted by atomic mass is 16.5. The lowest BCUT2D eigenvalue weighted by Crippen LogP contribution is -2.46. The summed E-state index contributed by atoms with van der Waals surface area (Å²) < 4.78 is 7.65. The number of hydrogen-bond donors (Lipinski definition) is 0. The van der Waals surface area contributed by atoms with Gasteiger partial charge in [0, 0.05) is 59.1 Å². The standard InChI is InChI=1S/C15H28N4O/c1-4-10-20-11-9-18-5-7-19(8-6-18)13-15-12-17(3)14(2)16-15/h12H,4-11,13H2,1-3H3. The molecule has 0 amide bonds. The van der Waals surface area contributed by atoms with E-state index < -0.39 is 0 Å². The minimum Gasteiger partial charge on any atom is -0.380 e. The van der Waals surface area contributed by atoms with E-state index in [2.05, 4.69) is 46.4 Å². The van der Waals surface area contributed by atoms with Gasteiger partial charge < -0.3 is 9.30 Å². The van der Waals surface area contributed by atoms with Crippen LogP contribution in [-0.4, -0.2) is 65.3 Å². The minimum absolute atomic E-state index is 0.868. The molecular formula is C15H28N4O. The zero-order valence-corrected chi connectivity index (χ0v) is 13.1. The van der Waals surface area contributed by atoms with Crippen molar-refractivity contribution in [2.45, 2.75) is 26.8 Å². The van der Waals surface area contributed by atoms with Crippen molar-refractivity contribution in [2.75, 3.05) is 45.9 Å². The summed E-state index contributed by atoms with van der Waals surface area (Å²) in [6.07, 6.45) is 3.25. The molecule has 0 N–H and O–H groups in total. The van der Waals surface area contributed by atoms with Crippen molar-refractivity contribution < 1.29 is 4.74 Å². The fourth-order valence-corrected chi connectivity index (χ4v) is 2.55. The van der Waals surface area contributed by atoms with E-state index in [9.17, 15) is 0 Å². The molecule has 5 heteroatoms. The molecule has 0 unspecified atom stereocenters. The van der Waals surface area contributed by atoms with Crippen LogP contribution in [0.2, 0.25) is 0 Å². The number of nitrogens with zero attached hydrogens (tertiary/aromatic N) is 4. The van der Waals surface area contributed by atoms with Gasteiger partial charge in [0.2, 0.25) is 0 Å². The van der Waals surface area contributed by atoms with E-state index in [0.29, 0.717) is 0 Å². The van der Waals surface area contributed by atoms with Gasteiger partial charge in [0.05, 0.1) is 12.3 Å². The molecule has 1 saturated heterocycles. The van der Waals surface area contributed by atoms with Gasteiger partial charge in [0.1, 0.15) is 5.82 Å². The third-order valence-electron chi connectivity index (χ3n) is 3.91. The van der Waals surface area contributed by atoms with Crippen LogP contribution in [0, 0.1) is 6.92 Å². The smallest absolute Gasteiger partial charge is 0.105 e. The molecule has 0 aromatic carbocycles. The molecule has 0 radical (unpaired) electrons. The maximum absolute atomic E-state index is 5.56. The highest BCUT2D eigenvalue weighted by molar-refractivity contribution is 5.02. The summed E-state index contributed by atoms with van der Waals surface area (Å²) in [5.74, 6) is 1.09. The fraction of sp³-hybridized carbons (Fsp3) is 0.800. The number of aromatic nitrogens is 2. The van der Waals surface area contributed by atoms with Gasteiger partial charge in [-0.1, -0.05) is 6.92 Å². The highest BCUT2D eigenvalue weighted by Crippen LogP contribution is 2.08. The molecule has 2 heterocycles. The first kappa shape index (κ1) is 15.5. The summed E-state index contributed by atoms with van der Waals surface area (Å²) in [4.78, 5) is 9.57. The van der Waals surface area contributed by atoms with Crippen LogP contribution in [0.4, 0.5) is 0 Å². The van der Waals surface area contributed by atoms with Crippen LogP contribution in [0.25, 0.3) is 0 Å². The van der Waals surface area contributed by atoms with Crippen LogP contribution >= 0.6 is 0 Å². The van der Waals surface area contributed by atoms with E-state index in [4.69, 9.17) is 4.74 Å². The minimum atomic E-state index is 0.868. The topological polar surface area (TPSA) is 33.5 Å². The summed E-state index contributed by atoms with van der Waals surface area (Å²) in [7, 11) is 2.06. The molecule has 1 aliphatic heterocycles. The molecule has 1 aliphatic rings. The van der Waals surface area contributed by atoms with Gasteiger partial charge in [-0.25, -0.2) is 4.98 Å². The predicted molar refractivity (Wildman–Crippen MR) is 80.8 cm³/mol. The van der Waals surface area contributed by atoms with Crippen molar-refractivity contribution >= 4 is 0 Å². The summed E-state index contributed by atoms with van der Waals surface area (Å²) >= 11 is 0. The Morgan fingerprint density at radius 1 is 1.15 bits per heavy atom. The highest BCUT2D eigenvalue weighted by Gasteiger charge is 2.17. The van der Waals surface area contributed by atoms with Crippen molar-refractivity contribution in [3.8, 4) is 0 Å². The second-order valence-corrected chi connectivity index (χ2v) is 5.62. The number of hydrogen-bond acceptors (Lipinski definition) is 4. The quantitative estimate of drug-likeness (QED) is 0.704. The van der Waals surface area contributed by atoms with E-state index in [-0.39, 0.29) is 0 Å². The van der Waals surface area contributed by atoms with Crippen molar-refractivity contribution in [1.29, 1.82) is 0 Å². The fourth-order valence-electron chi connectivity index (χ4n) is 2.55. The molecule has 114 valence electrons. The molecule has 0 aliphatic carbocycles. The van der Waals surface area contributed by atoms with Crippen LogP contribution in [0.1, 0.15) is 24.9 Å². The monoisotopic (exact) mass is 280 g/mol. The Morgan fingerprint density at radius 2 is 1.85 bits per heavy atom. The number of imidazole rings is 1. The maximum Gasteiger partial charge on any atom is 0.105 e. The lowest BCUT2D eigenvalue weighted by Gasteiger charge is -2.34. The molecule has 0 atom stereocenters. The third kappa shape index (κ3) is 4.58. The Hall–Kier alpha value is -0.910. The van der Waals surface area contributed by atoms with Gasteiger partial charge in [-0.2, -0.15) is 0 Å². The van der Waals surface area contributed by atoms with Gasteiger partial charge >= 0.3 is 0 Å². The molecule has 1 fully saturated rings. The van der Waals surface area contributed by atoms with E-state index in [1.165, 1.54) is 5.69 Å². The Morgan fingerprint density at radius 3 is 2.45 bits per heavy atom. The van der Waals surface area contributed by atoms with Crippen LogP contribution in [0.3, 0.4) is 0 Å². The average molecular weight is 280 g/mol. The predicted octanol–water partition coefficient (Wildman–Crippen LogP) is 1.27. The van der Waals surface area contributed by atoms with Crippen LogP contribution < -0.4 is 0 Å². The van der Waals surface area contributed by atoms with Crippen LogP contribution in [0.5, 0.6) is 0 Å². The third-order valence-corrected chi connectivity index (χ3v) is 3.91. The first-order valence-electron chi connectivity index (χ1n) is 7.70. The van der Waals surface area contributed by atoms with Gasteiger partial charge in [-0.15, -0.1) is 0 Å². The lowest BCUT2D eigenvalue weighted by atomic mass is 10.3. The Bertz CT molecular complexity index is 377. The van der Waals surface area contributed by atoms with E-state index in [1.807, 2.05) is 0 Å². The van der Waals surface area contributed by atoms with Gasteiger partial charge in [0.15, 0.2) is 0 Å². The molecule has 20 heavy (non-hydrogen) atoms. The molecule has 0 bridgehead atoms. The number of aryl methyl sites for hydroxylation is 2. The largest absolute Gasteiger partial charge is 0.380 e. The van der Waals surface area contributed by atoms with Crippen molar-refractivity contribution in [3.63, 3.8) is 0 Å². The average Bonchev–Trinajstić information content (AvgIpc) is 2.75. The van der Waals surface area contributed by atoms with Crippen molar-refractivity contribution in [3.05, 3.63) is 17.7 Å². The number of rotatable bonds is 7. The molecule has 1 aromatic rings.